The zero-order chi connectivity index (χ0) is 16.1. The number of carbonyl (C=O) groups excluding carboxylic acids is 1. The van der Waals surface area contributed by atoms with Gasteiger partial charge in [0.1, 0.15) is 5.82 Å². The molecule has 2 aromatic heterocycles. The van der Waals surface area contributed by atoms with Gasteiger partial charge in [0, 0.05) is 27.7 Å². The van der Waals surface area contributed by atoms with Gasteiger partial charge in [0.05, 0.1) is 0 Å². The van der Waals surface area contributed by atoms with Crippen LogP contribution in [0.1, 0.15) is 31.0 Å². The Morgan fingerprint density at radius 3 is 2.73 bits per heavy atom. The average molecular weight is 384 g/mol. The van der Waals surface area contributed by atoms with E-state index in [4.69, 9.17) is 0 Å². The van der Waals surface area contributed by atoms with Gasteiger partial charge in [-0.25, -0.2) is 0 Å². The molecule has 0 aliphatic heterocycles. The molecule has 1 unspecified atom stereocenters. The van der Waals surface area contributed by atoms with Gasteiger partial charge in [-0.05, 0) is 48.7 Å². The molecular weight excluding hydrogens is 366 g/mol. The Balaban J connectivity index is 1.94. The van der Waals surface area contributed by atoms with Crippen LogP contribution in [0.25, 0.3) is 0 Å². The summed E-state index contributed by atoms with van der Waals surface area (Å²) >= 11 is 5.21. The van der Waals surface area contributed by atoms with E-state index in [1.165, 1.54) is 11.8 Å². The van der Waals surface area contributed by atoms with Crippen molar-refractivity contribution in [3.05, 3.63) is 26.6 Å². The second-order valence-corrected chi connectivity index (χ2v) is 6.94. The number of thiophene rings is 1. The Labute approximate surface area is 141 Å². The van der Waals surface area contributed by atoms with Crippen LogP contribution < -0.4 is 10.6 Å². The first-order valence-electron chi connectivity index (χ1n) is 6.92. The molecule has 8 heteroatoms. The fourth-order valence-corrected chi connectivity index (χ4v) is 3.37. The summed E-state index contributed by atoms with van der Waals surface area (Å²) in [4.78, 5) is 25.0. The van der Waals surface area contributed by atoms with E-state index < -0.39 is 0 Å². The van der Waals surface area contributed by atoms with Gasteiger partial charge in [0.15, 0.2) is 0 Å². The maximum atomic E-state index is 11.1. The lowest BCUT2D eigenvalue weighted by Crippen LogP contribution is -2.19. The summed E-state index contributed by atoms with van der Waals surface area (Å²) in [5.74, 6) is 1.12. The molecule has 2 N–H and O–H groups in total. The van der Waals surface area contributed by atoms with Crippen LogP contribution in [0.3, 0.4) is 0 Å². The van der Waals surface area contributed by atoms with Gasteiger partial charge in [0.2, 0.25) is 17.8 Å². The number of hydrogen-bond acceptors (Lipinski definition) is 6. The van der Waals surface area contributed by atoms with E-state index in [0.717, 1.165) is 17.3 Å². The first-order chi connectivity index (χ1) is 10.4. The second-order valence-electron chi connectivity index (χ2n) is 5.03. The number of nitrogens with zero attached hydrogens (tertiary/aromatic N) is 3. The highest BCUT2D eigenvalue weighted by atomic mass is 79.9. The first kappa shape index (κ1) is 16.8. The van der Waals surface area contributed by atoms with E-state index in [1.54, 1.807) is 18.3 Å². The number of aryl methyl sites for hydroxylation is 2. The molecule has 118 valence electrons. The molecule has 0 aromatic carbocycles. The number of amides is 1. The fraction of sp³-hybridized carbons (Fsp3) is 0.429. The maximum Gasteiger partial charge on any atom is 0.234 e. The van der Waals surface area contributed by atoms with E-state index in [9.17, 15) is 4.79 Å². The number of nitrogens with one attached hydrogen (secondary N) is 2. The molecule has 22 heavy (non-hydrogen) atoms. The van der Waals surface area contributed by atoms with Crippen LogP contribution in [0, 0.1) is 6.92 Å². The van der Waals surface area contributed by atoms with Crippen LogP contribution in [0.15, 0.2) is 15.9 Å². The van der Waals surface area contributed by atoms with Crippen LogP contribution in [-0.2, 0) is 11.2 Å². The Morgan fingerprint density at radius 1 is 1.36 bits per heavy atom. The van der Waals surface area contributed by atoms with Crippen molar-refractivity contribution in [3.63, 3.8) is 0 Å². The van der Waals surface area contributed by atoms with Crippen molar-refractivity contribution < 1.29 is 4.79 Å². The van der Waals surface area contributed by atoms with Crippen LogP contribution in [0.4, 0.5) is 11.9 Å². The lowest BCUT2D eigenvalue weighted by molar-refractivity contribution is -0.114. The zero-order valence-electron chi connectivity index (χ0n) is 12.7. The van der Waals surface area contributed by atoms with Gasteiger partial charge in [0.25, 0.3) is 0 Å². The molecule has 0 spiro atoms. The van der Waals surface area contributed by atoms with Gasteiger partial charge in [-0.15, -0.1) is 11.3 Å². The van der Waals surface area contributed by atoms with Crippen molar-refractivity contribution in [2.45, 2.75) is 39.7 Å². The van der Waals surface area contributed by atoms with Crippen molar-refractivity contribution in [3.8, 4) is 0 Å². The van der Waals surface area contributed by atoms with Gasteiger partial charge < -0.3 is 5.32 Å². The average Bonchev–Trinajstić information content (AvgIpc) is 2.80. The predicted octanol–water partition coefficient (Wildman–Crippen LogP) is 3.40. The molecule has 1 amide bonds. The third-order valence-corrected chi connectivity index (χ3v) is 4.61. The molecule has 0 saturated carbocycles. The highest BCUT2D eigenvalue weighted by Crippen LogP contribution is 2.21. The maximum absolute atomic E-state index is 11.1. The van der Waals surface area contributed by atoms with E-state index >= 15 is 0 Å². The van der Waals surface area contributed by atoms with Gasteiger partial charge in [-0.3, -0.25) is 10.1 Å². The highest BCUT2D eigenvalue weighted by Gasteiger charge is 2.09. The van der Waals surface area contributed by atoms with Crippen LogP contribution in [0.5, 0.6) is 0 Å². The van der Waals surface area contributed by atoms with Gasteiger partial charge >= 0.3 is 0 Å². The van der Waals surface area contributed by atoms with Crippen molar-refractivity contribution in [2.75, 3.05) is 10.6 Å². The topological polar surface area (TPSA) is 79.8 Å². The normalized spacial score (nSPS) is 12.0. The van der Waals surface area contributed by atoms with Crippen molar-refractivity contribution in [1.82, 2.24) is 15.0 Å². The van der Waals surface area contributed by atoms with Crippen LogP contribution in [0.2, 0.25) is 0 Å². The molecule has 6 nitrogen and oxygen atoms in total. The SMILES string of the molecule is CC(=O)Nc1nc(C)nc(NC(C)CCc2cc(Br)cs2)n1. The number of aromatic nitrogens is 3. The summed E-state index contributed by atoms with van der Waals surface area (Å²) in [5, 5.41) is 7.91. The molecule has 2 rings (SSSR count). The smallest absolute Gasteiger partial charge is 0.234 e. The number of halogens is 1. The van der Waals surface area contributed by atoms with Gasteiger partial charge in [-0.1, -0.05) is 0 Å². The standard InChI is InChI=1S/C14H18BrN5OS/c1-8(4-5-12-6-11(15)7-22-12)16-13-17-9(2)18-14(20-13)19-10(3)21/h6-8H,4-5H2,1-3H3,(H2,16,17,18,19,20,21). The molecule has 0 fully saturated rings. The summed E-state index contributed by atoms with van der Waals surface area (Å²) in [7, 11) is 0. The van der Waals surface area contributed by atoms with Crippen molar-refractivity contribution >= 4 is 45.1 Å². The van der Waals surface area contributed by atoms with Crippen LogP contribution >= 0.6 is 27.3 Å². The minimum Gasteiger partial charge on any atom is -0.352 e. The third kappa shape index (κ3) is 5.34. The molecule has 1 atom stereocenters. The Kier molecular flexibility index (Phi) is 5.84. The van der Waals surface area contributed by atoms with Crippen LogP contribution in [-0.4, -0.2) is 26.9 Å². The number of hydrogen-bond donors (Lipinski definition) is 2. The monoisotopic (exact) mass is 383 g/mol. The molecule has 0 radical (unpaired) electrons. The lowest BCUT2D eigenvalue weighted by atomic mass is 10.1. The largest absolute Gasteiger partial charge is 0.352 e. The second kappa shape index (κ2) is 7.64. The Hall–Kier alpha value is -1.54. The van der Waals surface area contributed by atoms with E-state index in [1.807, 2.05) is 0 Å². The summed E-state index contributed by atoms with van der Waals surface area (Å²) in [5.41, 5.74) is 0. The molecule has 2 aromatic rings. The Morgan fingerprint density at radius 2 is 2.09 bits per heavy atom. The lowest BCUT2D eigenvalue weighted by Gasteiger charge is -2.14. The van der Waals surface area contributed by atoms with Crippen molar-refractivity contribution in [2.24, 2.45) is 0 Å². The highest BCUT2D eigenvalue weighted by molar-refractivity contribution is 9.10. The zero-order valence-corrected chi connectivity index (χ0v) is 15.1. The fourth-order valence-electron chi connectivity index (χ4n) is 1.90. The third-order valence-electron chi connectivity index (χ3n) is 2.86. The number of rotatable bonds is 6. The number of carbonyl (C=O) groups is 1. The summed E-state index contributed by atoms with van der Waals surface area (Å²) in [6.07, 6.45) is 1.96. The molecule has 2 heterocycles. The summed E-state index contributed by atoms with van der Waals surface area (Å²) in [6.45, 7) is 5.28. The van der Waals surface area contributed by atoms with E-state index in [2.05, 4.69) is 59.9 Å². The Bertz CT molecular complexity index is 660. The predicted molar refractivity (Wildman–Crippen MR) is 92.3 cm³/mol. The quantitative estimate of drug-likeness (QED) is 0.798. The molecule has 0 bridgehead atoms. The molecule has 0 aliphatic carbocycles. The van der Waals surface area contributed by atoms with E-state index in [-0.39, 0.29) is 17.9 Å². The number of anilines is 2. The first-order valence-corrected chi connectivity index (χ1v) is 8.59. The summed E-state index contributed by atoms with van der Waals surface area (Å²) in [6, 6.07) is 2.35. The van der Waals surface area contributed by atoms with Crippen molar-refractivity contribution in [1.29, 1.82) is 0 Å². The minimum absolute atomic E-state index is 0.201. The minimum atomic E-state index is -0.201. The summed E-state index contributed by atoms with van der Waals surface area (Å²) < 4.78 is 1.13. The molecule has 0 saturated heterocycles. The molecule has 0 aliphatic rings. The van der Waals surface area contributed by atoms with E-state index in [0.29, 0.717) is 11.8 Å². The molecular formula is C14H18BrN5OS. The van der Waals surface area contributed by atoms with Gasteiger partial charge in [-0.2, -0.15) is 15.0 Å².